The maximum absolute atomic E-state index is 5.27. The zero-order valence-electron chi connectivity index (χ0n) is 9.35. The Morgan fingerprint density at radius 1 is 1.23 bits per heavy atom. The number of hydrogen-bond acceptors (Lipinski definition) is 1. The van der Waals surface area contributed by atoms with Crippen LogP contribution in [-0.4, -0.2) is 7.11 Å². The first-order chi connectivity index (χ1) is 6.29. The zero-order chi connectivity index (χ0) is 10.3. The molecule has 0 atom stereocenters. The molecule has 74 valence electrons. The van der Waals surface area contributed by atoms with Crippen molar-refractivity contribution < 1.29 is 4.74 Å². The summed E-state index contributed by atoms with van der Waals surface area (Å²) in [6.07, 6.45) is 1.03. The van der Waals surface area contributed by atoms with Crippen LogP contribution in [0.2, 0.25) is 0 Å². The molecule has 0 aliphatic heterocycles. The van der Waals surface area contributed by atoms with Crippen LogP contribution in [0.25, 0.3) is 0 Å². The van der Waals surface area contributed by atoms with Crippen LogP contribution in [-0.2, 0) is 6.42 Å². The van der Waals surface area contributed by atoms with E-state index in [0.29, 0.717) is 0 Å². The smallest absolute Gasteiger partial charge is 0.124 e. The molecule has 0 N–H and O–H groups in total. The predicted molar refractivity (Wildman–Crippen MR) is 58.5 cm³/mol. The second kappa shape index (κ2) is 6.53. The first-order valence-electron chi connectivity index (χ1n) is 4.92. The van der Waals surface area contributed by atoms with Gasteiger partial charge in [0, 0.05) is 0 Å². The van der Waals surface area contributed by atoms with Crippen LogP contribution in [0, 0.1) is 6.92 Å². The zero-order valence-corrected chi connectivity index (χ0v) is 9.35. The highest BCUT2D eigenvalue weighted by molar-refractivity contribution is 5.40. The van der Waals surface area contributed by atoms with E-state index in [2.05, 4.69) is 32.0 Å². The van der Waals surface area contributed by atoms with Crippen molar-refractivity contribution >= 4 is 0 Å². The Labute approximate surface area is 81.7 Å². The van der Waals surface area contributed by atoms with Crippen molar-refractivity contribution in [3.63, 3.8) is 0 Å². The van der Waals surface area contributed by atoms with Gasteiger partial charge >= 0.3 is 0 Å². The highest BCUT2D eigenvalue weighted by Gasteiger charge is 2.01. The average Bonchev–Trinajstić information content (AvgIpc) is 2.20. The summed E-state index contributed by atoms with van der Waals surface area (Å²) >= 11 is 0. The van der Waals surface area contributed by atoms with Gasteiger partial charge in [-0.3, -0.25) is 0 Å². The van der Waals surface area contributed by atoms with Crippen molar-refractivity contribution in [2.75, 3.05) is 7.11 Å². The largest absolute Gasteiger partial charge is 0.496 e. The molecule has 1 aromatic rings. The summed E-state index contributed by atoms with van der Waals surface area (Å²) in [5.41, 5.74) is 2.50. The Balaban J connectivity index is 0.000000671. The van der Waals surface area contributed by atoms with Crippen molar-refractivity contribution in [2.24, 2.45) is 0 Å². The normalized spacial score (nSPS) is 8.69. The summed E-state index contributed by atoms with van der Waals surface area (Å²) in [4.78, 5) is 0. The summed E-state index contributed by atoms with van der Waals surface area (Å²) in [5, 5.41) is 0. The minimum absolute atomic E-state index is 1.03. The molecule has 1 aromatic carbocycles. The standard InChI is InChI=1S/C10H14O.C2H6/c1-4-9-7-5-6-8(2)10(9)11-3;1-2/h5-7H,4H2,1-3H3;1-2H3. The van der Waals surface area contributed by atoms with Gasteiger partial charge in [-0.25, -0.2) is 0 Å². The van der Waals surface area contributed by atoms with Gasteiger partial charge in [-0.05, 0) is 24.5 Å². The number of rotatable bonds is 2. The van der Waals surface area contributed by atoms with Gasteiger partial charge in [0.15, 0.2) is 0 Å². The Bertz CT molecular complexity index is 241. The monoisotopic (exact) mass is 180 g/mol. The third-order valence-corrected chi connectivity index (χ3v) is 1.88. The van der Waals surface area contributed by atoms with Crippen LogP contribution in [0.4, 0.5) is 0 Å². The highest BCUT2D eigenvalue weighted by atomic mass is 16.5. The fraction of sp³-hybridized carbons (Fsp3) is 0.500. The predicted octanol–water partition coefficient (Wildman–Crippen LogP) is 3.59. The number of benzene rings is 1. The SMILES string of the molecule is CC.CCc1cccc(C)c1OC. The number of ether oxygens (including phenoxy) is 1. The first-order valence-corrected chi connectivity index (χ1v) is 4.92. The van der Waals surface area contributed by atoms with Crippen LogP contribution < -0.4 is 4.74 Å². The van der Waals surface area contributed by atoms with E-state index in [0.717, 1.165) is 12.2 Å². The van der Waals surface area contributed by atoms with Gasteiger partial charge in [0.25, 0.3) is 0 Å². The van der Waals surface area contributed by atoms with Crippen LogP contribution in [0.15, 0.2) is 18.2 Å². The molecule has 1 rings (SSSR count). The Hall–Kier alpha value is -0.980. The van der Waals surface area contributed by atoms with E-state index in [1.165, 1.54) is 11.1 Å². The van der Waals surface area contributed by atoms with Gasteiger partial charge in [0.1, 0.15) is 5.75 Å². The van der Waals surface area contributed by atoms with Crippen molar-refractivity contribution in [1.82, 2.24) is 0 Å². The highest BCUT2D eigenvalue weighted by Crippen LogP contribution is 2.22. The molecule has 0 bridgehead atoms. The molecule has 0 unspecified atom stereocenters. The molecule has 0 spiro atoms. The lowest BCUT2D eigenvalue weighted by Gasteiger charge is -2.08. The van der Waals surface area contributed by atoms with Gasteiger partial charge < -0.3 is 4.74 Å². The fourth-order valence-electron chi connectivity index (χ4n) is 1.28. The molecule has 0 saturated heterocycles. The molecular weight excluding hydrogens is 160 g/mol. The summed E-state index contributed by atoms with van der Waals surface area (Å²) in [6.45, 7) is 8.20. The molecular formula is C12H20O. The molecule has 13 heavy (non-hydrogen) atoms. The van der Waals surface area contributed by atoms with E-state index in [9.17, 15) is 0 Å². The van der Waals surface area contributed by atoms with Crippen LogP contribution in [0.1, 0.15) is 31.9 Å². The minimum Gasteiger partial charge on any atom is -0.496 e. The topological polar surface area (TPSA) is 9.23 Å². The Kier molecular flexibility index (Phi) is 6.03. The van der Waals surface area contributed by atoms with E-state index in [1.54, 1.807) is 7.11 Å². The lowest BCUT2D eigenvalue weighted by molar-refractivity contribution is 0.407. The van der Waals surface area contributed by atoms with Gasteiger partial charge in [0.2, 0.25) is 0 Å². The summed E-state index contributed by atoms with van der Waals surface area (Å²) in [6, 6.07) is 6.24. The van der Waals surface area contributed by atoms with Gasteiger partial charge in [-0.15, -0.1) is 0 Å². The number of hydrogen-bond donors (Lipinski definition) is 0. The quantitative estimate of drug-likeness (QED) is 0.675. The maximum Gasteiger partial charge on any atom is 0.124 e. The lowest BCUT2D eigenvalue weighted by Crippen LogP contribution is -1.92. The van der Waals surface area contributed by atoms with Crippen LogP contribution in [0.5, 0.6) is 5.75 Å². The molecule has 1 heteroatoms. The summed E-state index contributed by atoms with van der Waals surface area (Å²) < 4.78 is 5.27. The molecule has 0 aromatic heterocycles. The van der Waals surface area contributed by atoms with Crippen LogP contribution in [0.3, 0.4) is 0 Å². The number of methoxy groups -OCH3 is 1. The summed E-state index contributed by atoms with van der Waals surface area (Å²) in [7, 11) is 1.72. The number of para-hydroxylation sites is 1. The molecule has 1 nitrogen and oxygen atoms in total. The van der Waals surface area contributed by atoms with E-state index >= 15 is 0 Å². The second-order valence-electron chi connectivity index (χ2n) is 2.62. The lowest BCUT2D eigenvalue weighted by atomic mass is 10.1. The third-order valence-electron chi connectivity index (χ3n) is 1.88. The van der Waals surface area contributed by atoms with E-state index < -0.39 is 0 Å². The Morgan fingerprint density at radius 3 is 2.23 bits per heavy atom. The molecule has 0 aliphatic carbocycles. The fourth-order valence-corrected chi connectivity index (χ4v) is 1.28. The van der Waals surface area contributed by atoms with E-state index in [1.807, 2.05) is 13.8 Å². The van der Waals surface area contributed by atoms with Gasteiger partial charge in [0.05, 0.1) is 7.11 Å². The second-order valence-corrected chi connectivity index (χ2v) is 2.62. The molecule has 0 heterocycles. The van der Waals surface area contributed by atoms with Crippen molar-refractivity contribution in [3.8, 4) is 5.75 Å². The number of aryl methyl sites for hydroxylation is 2. The average molecular weight is 180 g/mol. The molecule has 0 aliphatic rings. The van der Waals surface area contributed by atoms with Gasteiger partial charge in [-0.2, -0.15) is 0 Å². The molecule has 0 radical (unpaired) electrons. The van der Waals surface area contributed by atoms with Crippen molar-refractivity contribution in [3.05, 3.63) is 29.3 Å². The first kappa shape index (κ1) is 12.0. The molecule has 0 amide bonds. The third kappa shape index (κ3) is 3.10. The van der Waals surface area contributed by atoms with E-state index in [-0.39, 0.29) is 0 Å². The van der Waals surface area contributed by atoms with Gasteiger partial charge in [-0.1, -0.05) is 39.0 Å². The maximum atomic E-state index is 5.27. The van der Waals surface area contributed by atoms with E-state index in [4.69, 9.17) is 4.74 Å². The van der Waals surface area contributed by atoms with Crippen molar-refractivity contribution in [2.45, 2.75) is 34.1 Å². The van der Waals surface area contributed by atoms with Crippen LogP contribution >= 0.6 is 0 Å². The molecule has 0 saturated carbocycles. The molecule has 0 fully saturated rings. The minimum atomic E-state index is 1.03. The van der Waals surface area contributed by atoms with Crippen molar-refractivity contribution in [1.29, 1.82) is 0 Å². The Morgan fingerprint density at radius 2 is 1.85 bits per heavy atom. The summed E-state index contributed by atoms with van der Waals surface area (Å²) in [5.74, 6) is 1.04.